The molecule has 2 unspecified atom stereocenters. The molecule has 0 bridgehead atoms. The van der Waals surface area contributed by atoms with Crippen molar-refractivity contribution in [3.63, 3.8) is 0 Å². The van der Waals surface area contributed by atoms with E-state index < -0.39 is 12.6 Å². The number of carbonyl (C=O) groups excluding carboxylic acids is 2. The Morgan fingerprint density at radius 2 is 2.09 bits per heavy atom. The first-order valence-corrected chi connectivity index (χ1v) is 10.8. The van der Waals surface area contributed by atoms with Crippen LogP contribution in [0.1, 0.15) is 37.7 Å². The minimum atomic E-state index is -3.02. The van der Waals surface area contributed by atoms with Crippen molar-refractivity contribution in [3.8, 4) is 11.5 Å². The molecule has 9 nitrogen and oxygen atoms in total. The molecule has 1 aromatic heterocycles. The van der Waals surface area contributed by atoms with Crippen LogP contribution in [0, 0.1) is 0 Å². The number of amides is 2. The van der Waals surface area contributed by atoms with Gasteiger partial charge in [-0.3, -0.25) is 9.69 Å². The molecule has 1 saturated carbocycles. The van der Waals surface area contributed by atoms with Gasteiger partial charge in [-0.05, 0) is 43.0 Å². The third-order valence-electron chi connectivity index (χ3n) is 5.93. The van der Waals surface area contributed by atoms with Crippen molar-refractivity contribution < 1.29 is 37.1 Å². The van der Waals surface area contributed by atoms with E-state index in [9.17, 15) is 18.4 Å². The van der Waals surface area contributed by atoms with Gasteiger partial charge in [0.2, 0.25) is 0 Å². The van der Waals surface area contributed by atoms with Gasteiger partial charge < -0.3 is 24.1 Å². The molecule has 3 atom stereocenters. The van der Waals surface area contributed by atoms with Crippen LogP contribution in [0.2, 0.25) is 0 Å². The minimum Gasteiger partial charge on any atom is -0.493 e. The SMILES string of the molecule is COc1ccc(C2C[C@H](OC(C)=O)CCC2NC(=O)N2C=c3cnoc3=CC2)cc1OC(F)F. The number of carbonyl (C=O) groups is 2. The number of urea groups is 1. The highest BCUT2D eigenvalue weighted by Gasteiger charge is 2.35. The molecular formula is C23H25F2N3O6. The topological polar surface area (TPSA) is 103 Å². The van der Waals surface area contributed by atoms with Crippen LogP contribution in [0.25, 0.3) is 12.3 Å². The van der Waals surface area contributed by atoms with Gasteiger partial charge in [-0.1, -0.05) is 11.2 Å². The standard InChI is InChI=1S/C23H25F2N3O6/c1-13(29)32-16-4-5-18(27-23(30)28-8-7-19-15(12-28)11-26-34-19)17(10-16)14-3-6-20(31-2)21(9-14)33-22(24)25/h3,6-7,9,11-12,16-18,22H,4-5,8,10H2,1-2H3,(H,27,30)/t16-,17?,18?/m1/s1. The van der Waals surface area contributed by atoms with Crippen LogP contribution in [0.15, 0.2) is 28.9 Å². The molecule has 1 aliphatic heterocycles. The van der Waals surface area contributed by atoms with Crippen LogP contribution in [-0.4, -0.2) is 54.5 Å². The van der Waals surface area contributed by atoms with E-state index in [1.54, 1.807) is 24.4 Å². The summed E-state index contributed by atoms with van der Waals surface area (Å²) < 4.78 is 46.2. The lowest BCUT2D eigenvalue weighted by atomic mass is 9.78. The van der Waals surface area contributed by atoms with Crippen molar-refractivity contribution in [1.29, 1.82) is 0 Å². The van der Waals surface area contributed by atoms with Gasteiger partial charge in [0.1, 0.15) is 6.10 Å². The van der Waals surface area contributed by atoms with Crippen molar-refractivity contribution in [2.75, 3.05) is 13.7 Å². The maximum atomic E-state index is 13.0. The summed E-state index contributed by atoms with van der Waals surface area (Å²) in [5.41, 5.74) is 1.27. The van der Waals surface area contributed by atoms with Crippen molar-refractivity contribution in [2.24, 2.45) is 0 Å². The molecule has 1 aliphatic carbocycles. The average molecular weight is 477 g/mol. The van der Waals surface area contributed by atoms with Crippen molar-refractivity contribution in [3.05, 3.63) is 40.6 Å². The summed E-state index contributed by atoms with van der Waals surface area (Å²) in [5.74, 6) is -0.646. The van der Waals surface area contributed by atoms with Crippen LogP contribution in [0.4, 0.5) is 13.6 Å². The molecule has 2 heterocycles. The monoisotopic (exact) mass is 477 g/mol. The molecular weight excluding hydrogens is 452 g/mol. The number of nitrogens with one attached hydrogen (secondary N) is 1. The fraction of sp³-hybridized carbons (Fsp3) is 0.435. The number of benzene rings is 1. The van der Waals surface area contributed by atoms with E-state index in [4.69, 9.17) is 14.0 Å². The molecule has 1 N–H and O–H groups in total. The first kappa shape index (κ1) is 23.5. The molecule has 0 spiro atoms. The number of esters is 1. The van der Waals surface area contributed by atoms with E-state index in [-0.39, 0.29) is 35.6 Å². The van der Waals surface area contributed by atoms with Crippen LogP contribution < -0.4 is 25.4 Å². The summed E-state index contributed by atoms with van der Waals surface area (Å²) in [6.07, 6.45) is 6.09. The van der Waals surface area contributed by atoms with Gasteiger partial charge in [0.05, 0.1) is 18.5 Å². The smallest absolute Gasteiger partial charge is 0.387 e. The molecule has 11 heteroatoms. The Labute approximate surface area is 193 Å². The van der Waals surface area contributed by atoms with Crippen LogP contribution >= 0.6 is 0 Å². The quantitative estimate of drug-likeness (QED) is 0.636. The second-order valence-corrected chi connectivity index (χ2v) is 8.13. The number of fused-ring (bicyclic) bond motifs is 1. The van der Waals surface area contributed by atoms with Crippen LogP contribution in [0.5, 0.6) is 11.5 Å². The highest BCUT2D eigenvalue weighted by molar-refractivity contribution is 5.80. The fourth-order valence-corrected chi connectivity index (χ4v) is 4.42. The molecule has 0 radical (unpaired) electrons. The van der Waals surface area contributed by atoms with Gasteiger partial charge in [0.25, 0.3) is 0 Å². The molecule has 0 saturated heterocycles. The van der Waals surface area contributed by atoms with Crippen molar-refractivity contribution >= 4 is 24.3 Å². The summed E-state index contributed by atoms with van der Waals surface area (Å²) >= 11 is 0. The third kappa shape index (κ3) is 5.29. The summed E-state index contributed by atoms with van der Waals surface area (Å²) in [6, 6.07) is 4.12. The van der Waals surface area contributed by atoms with Gasteiger partial charge in [-0.25, -0.2) is 4.79 Å². The predicted molar refractivity (Wildman–Crippen MR) is 115 cm³/mol. The Bertz CT molecular complexity index is 1170. The number of nitrogens with zero attached hydrogens (tertiary/aromatic N) is 2. The maximum absolute atomic E-state index is 13.0. The van der Waals surface area contributed by atoms with Gasteiger partial charge in [-0.15, -0.1) is 0 Å². The first-order chi connectivity index (χ1) is 16.3. The first-order valence-electron chi connectivity index (χ1n) is 10.8. The number of hydrogen-bond acceptors (Lipinski definition) is 7. The highest BCUT2D eigenvalue weighted by atomic mass is 19.3. The van der Waals surface area contributed by atoms with Crippen molar-refractivity contribution in [2.45, 2.75) is 50.9 Å². The Hall–Kier alpha value is -3.63. The normalized spacial score (nSPS) is 21.7. The molecule has 2 aliphatic rings. The zero-order valence-corrected chi connectivity index (χ0v) is 18.7. The molecule has 2 aromatic rings. The van der Waals surface area contributed by atoms with E-state index in [2.05, 4.69) is 15.2 Å². The number of methoxy groups -OCH3 is 1. The maximum Gasteiger partial charge on any atom is 0.387 e. The second kappa shape index (κ2) is 10.1. The van der Waals surface area contributed by atoms with E-state index in [0.717, 1.165) is 0 Å². The van der Waals surface area contributed by atoms with Crippen LogP contribution in [0.3, 0.4) is 0 Å². The van der Waals surface area contributed by atoms with Crippen molar-refractivity contribution in [1.82, 2.24) is 15.4 Å². The average Bonchev–Trinajstić information content (AvgIpc) is 3.27. The number of halogens is 2. The molecule has 1 aromatic carbocycles. The summed E-state index contributed by atoms with van der Waals surface area (Å²) in [6.45, 7) is -1.36. The number of alkyl halides is 2. The lowest BCUT2D eigenvalue weighted by Crippen LogP contribution is -2.49. The predicted octanol–water partition coefficient (Wildman–Crippen LogP) is 2.10. The number of aromatic nitrogens is 1. The van der Waals surface area contributed by atoms with E-state index in [1.165, 1.54) is 31.2 Å². The number of rotatable bonds is 6. The third-order valence-corrected chi connectivity index (χ3v) is 5.93. The Morgan fingerprint density at radius 3 is 2.82 bits per heavy atom. The minimum absolute atomic E-state index is 0.103. The molecule has 182 valence electrons. The second-order valence-electron chi connectivity index (χ2n) is 8.13. The lowest BCUT2D eigenvalue weighted by molar-refractivity contribution is -0.148. The van der Waals surface area contributed by atoms with Gasteiger partial charge in [0.15, 0.2) is 16.9 Å². The molecule has 4 rings (SSSR count). The van der Waals surface area contributed by atoms with E-state index >= 15 is 0 Å². The molecule has 2 amide bonds. The summed E-state index contributed by atoms with van der Waals surface area (Å²) in [4.78, 5) is 26.1. The summed E-state index contributed by atoms with van der Waals surface area (Å²) in [7, 11) is 1.36. The van der Waals surface area contributed by atoms with Gasteiger partial charge in [-0.2, -0.15) is 8.78 Å². The zero-order valence-electron chi connectivity index (χ0n) is 18.7. The molecule has 34 heavy (non-hydrogen) atoms. The largest absolute Gasteiger partial charge is 0.493 e. The van der Waals surface area contributed by atoms with E-state index in [0.29, 0.717) is 42.0 Å². The Balaban J connectivity index is 1.58. The Kier molecular flexibility index (Phi) is 6.99. The Morgan fingerprint density at radius 1 is 1.26 bits per heavy atom. The summed E-state index contributed by atoms with van der Waals surface area (Å²) in [5, 5.41) is 7.47. The number of ether oxygens (including phenoxy) is 3. The van der Waals surface area contributed by atoms with Gasteiger partial charge in [0, 0.05) is 31.6 Å². The van der Waals surface area contributed by atoms with E-state index in [1.807, 2.05) is 0 Å². The fourth-order valence-electron chi connectivity index (χ4n) is 4.42. The van der Waals surface area contributed by atoms with Crippen LogP contribution in [-0.2, 0) is 9.53 Å². The lowest BCUT2D eigenvalue weighted by Gasteiger charge is -2.37. The zero-order chi connectivity index (χ0) is 24.2. The number of hydrogen-bond donors (Lipinski definition) is 1. The molecule has 1 fully saturated rings. The van der Waals surface area contributed by atoms with Gasteiger partial charge >= 0.3 is 18.6 Å². The highest BCUT2D eigenvalue weighted by Crippen LogP contribution is 2.39.